The molecule has 1 fully saturated rings. The van der Waals surface area contributed by atoms with E-state index in [1.54, 1.807) is 0 Å². The summed E-state index contributed by atoms with van der Waals surface area (Å²) < 4.78 is 0. The molecule has 1 N–H and O–H groups in total. The molecule has 1 aromatic carbocycles. The summed E-state index contributed by atoms with van der Waals surface area (Å²) in [5.41, 5.74) is 1.33. The van der Waals surface area contributed by atoms with Crippen molar-refractivity contribution in [3.8, 4) is 12.3 Å². The van der Waals surface area contributed by atoms with Crippen molar-refractivity contribution in [1.82, 2.24) is 10.2 Å². The van der Waals surface area contributed by atoms with E-state index in [2.05, 4.69) is 60.3 Å². The molecular weight excluding hydrogens is 232 g/mol. The highest BCUT2D eigenvalue weighted by atomic mass is 15.2. The Balaban J connectivity index is 2.23. The van der Waals surface area contributed by atoms with Gasteiger partial charge in [0.05, 0.1) is 11.6 Å². The molecule has 2 nitrogen and oxygen atoms in total. The molecule has 2 heteroatoms. The van der Waals surface area contributed by atoms with E-state index in [-0.39, 0.29) is 11.6 Å². The third kappa shape index (κ3) is 3.18. The van der Waals surface area contributed by atoms with E-state index in [1.165, 1.54) is 5.56 Å². The minimum Gasteiger partial charge on any atom is -0.306 e. The molecule has 19 heavy (non-hydrogen) atoms. The van der Waals surface area contributed by atoms with Crippen molar-refractivity contribution < 1.29 is 0 Å². The smallest absolute Gasteiger partial charge is 0.0710 e. The fourth-order valence-corrected chi connectivity index (χ4v) is 2.93. The molecule has 2 rings (SSSR count). The van der Waals surface area contributed by atoms with E-state index in [0.29, 0.717) is 0 Å². The Kier molecular flexibility index (Phi) is 4.63. The standard InChI is InChI=1S/C17H24N2/c1-4-16(5-2)19-13-9-12-18-17(3,14-19)15-10-7-6-8-11-15/h1,6-8,10-11,16,18H,5,9,12-14H2,2-3H3. The molecule has 0 spiro atoms. The minimum atomic E-state index is -0.0119. The number of hydrogen-bond acceptors (Lipinski definition) is 2. The molecule has 1 saturated heterocycles. The first-order chi connectivity index (χ1) is 9.19. The molecule has 1 aliphatic heterocycles. The van der Waals surface area contributed by atoms with E-state index in [9.17, 15) is 0 Å². The fraction of sp³-hybridized carbons (Fsp3) is 0.529. The predicted octanol–water partition coefficient (Wildman–Crippen LogP) is 2.61. The van der Waals surface area contributed by atoms with Gasteiger partial charge in [0.1, 0.15) is 0 Å². The minimum absolute atomic E-state index is 0.0119. The van der Waals surface area contributed by atoms with E-state index < -0.39 is 0 Å². The van der Waals surface area contributed by atoms with Gasteiger partial charge in [-0.15, -0.1) is 6.42 Å². The van der Waals surface area contributed by atoms with Crippen LogP contribution in [0.5, 0.6) is 0 Å². The number of nitrogens with zero attached hydrogens (tertiary/aromatic N) is 1. The first-order valence-corrected chi connectivity index (χ1v) is 7.20. The molecule has 1 aliphatic rings. The summed E-state index contributed by atoms with van der Waals surface area (Å²) in [5, 5.41) is 3.70. The molecule has 102 valence electrons. The van der Waals surface area contributed by atoms with Gasteiger partial charge in [-0.1, -0.05) is 43.2 Å². The Labute approximate surface area is 117 Å². The van der Waals surface area contributed by atoms with Crippen molar-refractivity contribution in [3.05, 3.63) is 35.9 Å². The average Bonchev–Trinajstić information content (AvgIpc) is 2.65. The van der Waals surface area contributed by atoms with Crippen molar-refractivity contribution in [2.75, 3.05) is 19.6 Å². The van der Waals surface area contributed by atoms with Crippen LogP contribution in [-0.4, -0.2) is 30.6 Å². The van der Waals surface area contributed by atoms with E-state index in [4.69, 9.17) is 6.42 Å². The van der Waals surface area contributed by atoms with Crippen LogP contribution in [0.25, 0.3) is 0 Å². The third-order valence-corrected chi connectivity index (χ3v) is 4.09. The van der Waals surface area contributed by atoms with Gasteiger partial charge in [-0.2, -0.15) is 0 Å². The van der Waals surface area contributed by atoms with Gasteiger partial charge in [0, 0.05) is 13.1 Å². The highest BCUT2D eigenvalue weighted by Gasteiger charge is 2.32. The highest BCUT2D eigenvalue weighted by molar-refractivity contribution is 5.25. The van der Waals surface area contributed by atoms with Gasteiger partial charge in [0.15, 0.2) is 0 Å². The normalized spacial score (nSPS) is 26.4. The second-order valence-corrected chi connectivity index (χ2v) is 5.54. The topological polar surface area (TPSA) is 15.3 Å². The van der Waals surface area contributed by atoms with Crippen molar-refractivity contribution in [3.63, 3.8) is 0 Å². The summed E-state index contributed by atoms with van der Waals surface area (Å²) in [5.74, 6) is 2.94. The second-order valence-electron chi connectivity index (χ2n) is 5.54. The lowest BCUT2D eigenvalue weighted by Crippen LogP contribution is -2.48. The van der Waals surface area contributed by atoms with Crippen LogP contribution in [0.2, 0.25) is 0 Å². The van der Waals surface area contributed by atoms with Gasteiger partial charge >= 0.3 is 0 Å². The molecule has 1 heterocycles. The van der Waals surface area contributed by atoms with Gasteiger partial charge in [-0.3, -0.25) is 4.90 Å². The van der Waals surface area contributed by atoms with Crippen molar-refractivity contribution in [2.45, 2.75) is 38.3 Å². The molecule has 2 unspecified atom stereocenters. The monoisotopic (exact) mass is 256 g/mol. The molecule has 0 aromatic heterocycles. The van der Waals surface area contributed by atoms with Crippen molar-refractivity contribution >= 4 is 0 Å². The first-order valence-electron chi connectivity index (χ1n) is 7.20. The molecule has 0 radical (unpaired) electrons. The van der Waals surface area contributed by atoms with Crippen LogP contribution in [0.3, 0.4) is 0 Å². The lowest BCUT2D eigenvalue weighted by atomic mass is 9.91. The summed E-state index contributed by atoms with van der Waals surface area (Å²) in [4.78, 5) is 2.45. The SMILES string of the molecule is C#CC(CC)N1CCCNC(C)(c2ccccc2)C1. The molecule has 2 atom stereocenters. The average molecular weight is 256 g/mol. The summed E-state index contributed by atoms with van der Waals surface area (Å²) >= 11 is 0. The summed E-state index contributed by atoms with van der Waals surface area (Å²) in [6.07, 6.45) is 7.85. The van der Waals surface area contributed by atoms with Crippen LogP contribution in [0, 0.1) is 12.3 Å². The Morgan fingerprint density at radius 3 is 2.79 bits per heavy atom. The predicted molar refractivity (Wildman–Crippen MR) is 80.9 cm³/mol. The van der Waals surface area contributed by atoms with Gasteiger partial charge in [0.2, 0.25) is 0 Å². The van der Waals surface area contributed by atoms with Crippen LogP contribution < -0.4 is 5.32 Å². The highest BCUT2D eigenvalue weighted by Crippen LogP contribution is 2.25. The quantitative estimate of drug-likeness (QED) is 0.836. The molecule has 0 amide bonds. The fourth-order valence-electron chi connectivity index (χ4n) is 2.93. The Morgan fingerprint density at radius 2 is 2.16 bits per heavy atom. The summed E-state index contributed by atoms with van der Waals surface area (Å²) in [7, 11) is 0. The number of hydrogen-bond donors (Lipinski definition) is 1. The van der Waals surface area contributed by atoms with Gasteiger partial charge < -0.3 is 5.32 Å². The zero-order valence-electron chi connectivity index (χ0n) is 12.0. The number of benzene rings is 1. The lowest BCUT2D eigenvalue weighted by Gasteiger charge is -2.36. The molecule has 0 aliphatic carbocycles. The maximum absolute atomic E-state index is 5.68. The number of nitrogens with one attached hydrogen (secondary N) is 1. The van der Waals surface area contributed by atoms with E-state index in [0.717, 1.165) is 32.5 Å². The van der Waals surface area contributed by atoms with E-state index in [1.807, 2.05) is 0 Å². The second kappa shape index (κ2) is 6.23. The summed E-state index contributed by atoms with van der Waals surface area (Å²) in [6, 6.07) is 10.9. The third-order valence-electron chi connectivity index (χ3n) is 4.09. The van der Waals surface area contributed by atoms with Crippen LogP contribution in [0.4, 0.5) is 0 Å². The Morgan fingerprint density at radius 1 is 1.42 bits per heavy atom. The maximum atomic E-state index is 5.68. The van der Waals surface area contributed by atoms with Gasteiger partial charge in [-0.25, -0.2) is 0 Å². The van der Waals surface area contributed by atoms with Crippen LogP contribution in [-0.2, 0) is 5.54 Å². The summed E-state index contributed by atoms with van der Waals surface area (Å²) in [6.45, 7) is 7.55. The van der Waals surface area contributed by atoms with Crippen LogP contribution in [0.1, 0.15) is 32.3 Å². The molecule has 1 aromatic rings. The van der Waals surface area contributed by atoms with Crippen molar-refractivity contribution in [2.24, 2.45) is 0 Å². The zero-order chi connectivity index (χ0) is 13.7. The Bertz CT molecular complexity index is 434. The first kappa shape index (κ1) is 14.1. The van der Waals surface area contributed by atoms with Crippen molar-refractivity contribution in [1.29, 1.82) is 0 Å². The maximum Gasteiger partial charge on any atom is 0.0710 e. The van der Waals surface area contributed by atoms with Crippen LogP contribution >= 0.6 is 0 Å². The molecule has 0 saturated carbocycles. The number of terminal acetylenes is 1. The Hall–Kier alpha value is -1.30. The molecule has 0 bridgehead atoms. The van der Waals surface area contributed by atoms with Gasteiger partial charge in [0.25, 0.3) is 0 Å². The van der Waals surface area contributed by atoms with E-state index >= 15 is 0 Å². The number of rotatable bonds is 3. The largest absolute Gasteiger partial charge is 0.306 e. The lowest BCUT2D eigenvalue weighted by molar-refractivity contribution is 0.189. The molecular formula is C17H24N2. The van der Waals surface area contributed by atoms with Gasteiger partial charge in [-0.05, 0) is 31.9 Å². The zero-order valence-corrected chi connectivity index (χ0v) is 12.0. The van der Waals surface area contributed by atoms with Crippen LogP contribution in [0.15, 0.2) is 30.3 Å².